The molecule has 0 heterocycles. The van der Waals surface area contributed by atoms with Gasteiger partial charge in [0.05, 0.1) is 0 Å². The summed E-state index contributed by atoms with van der Waals surface area (Å²) < 4.78 is 0. The minimum atomic E-state index is -1.21. The quantitative estimate of drug-likeness (QED) is 0.747. The zero-order chi connectivity index (χ0) is 15.1. The van der Waals surface area contributed by atoms with Gasteiger partial charge < -0.3 is 20.4 Å². The first-order chi connectivity index (χ1) is 9.49. The van der Waals surface area contributed by atoms with Crippen molar-refractivity contribution in [1.82, 2.24) is 4.90 Å². The Bertz CT molecular complexity index is 482. The molecule has 6 nitrogen and oxygen atoms in total. The van der Waals surface area contributed by atoms with E-state index in [-0.39, 0.29) is 17.3 Å². The molecule has 0 aliphatic carbocycles. The maximum Gasteiger partial charge on any atom is 0.339 e. The molecule has 1 aromatic rings. The monoisotopic (exact) mass is 280 g/mol. The molecule has 1 aromatic carbocycles. The molecular formula is C14H20N2O4. The molecule has 110 valence electrons. The SMILES string of the molecule is CCCN(CCC)C(=O)Nc1ccc(C(=O)O)c(O)c1. The van der Waals surface area contributed by atoms with Gasteiger partial charge in [-0.3, -0.25) is 0 Å². The number of rotatable bonds is 6. The average molecular weight is 280 g/mol. The van der Waals surface area contributed by atoms with Crippen LogP contribution < -0.4 is 5.32 Å². The Morgan fingerprint density at radius 1 is 1.20 bits per heavy atom. The molecule has 0 saturated carbocycles. The number of carboxylic acids is 1. The van der Waals surface area contributed by atoms with Gasteiger partial charge in [-0.15, -0.1) is 0 Å². The smallest absolute Gasteiger partial charge is 0.339 e. The normalized spacial score (nSPS) is 10.1. The van der Waals surface area contributed by atoms with Crippen LogP contribution >= 0.6 is 0 Å². The number of benzene rings is 1. The van der Waals surface area contributed by atoms with E-state index >= 15 is 0 Å². The first-order valence-corrected chi connectivity index (χ1v) is 6.61. The molecule has 3 N–H and O–H groups in total. The van der Waals surface area contributed by atoms with Crippen LogP contribution in [0.5, 0.6) is 5.75 Å². The highest BCUT2D eigenvalue weighted by Crippen LogP contribution is 2.22. The van der Waals surface area contributed by atoms with Crippen LogP contribution in [0, 0.1) is 0 Å². The van der Waals surface area contributed by atoms with Crippen LogP contribution in [0.3, 0.4) is 0 Å². The third-order valence-electron chi connectivity index (χ3n) is 2.75. The average Bonchev–Trinajstić information content (AvgIpc) is 2.38. The standard InChI is InChI=1S/C14H20N2O4/c1-3-7-16(8-4-2)14(20)15-10-5-6-11(13(18)19)12(17)9-10/h5-6,9,17H,3-4,7-8H2,1-2H3,(H,15,20)(H,18,19). The predicted octanol–water partition coefficient (Wildman–Crippen LogP) is 2.74. The number of phenols is 1. The molecule has 0 spiro atoms. The van der Waals surface area contributed by atoms with Gasteiger partial charge in [-0.25, -0.2) is 9.59 Å². The van der Waals surface area contributed by atoms with Crippen LogP contribution in [0.1, 0.15) is 37.0 Å². The number of amides is 2. The topological polar surface area (TPSA) is 89.9 Å². The highest BCUT2D eigenvalue weighted by atomic mass is 16.4. The zero-order valence-electron chi connectivity index (χ0n) is 11.7. The Balaban J connectivity index is 2.79. The largest absolute Gasteiger partial charge is 0.507 e. The lowest BCUT2D eigenvalue weighted by Crippen LogP contribution is -2.36. The van der Waals surface area contributed by atoms with Crippen molar-refractivity contribution in [2.75, 3.05) is 18.4 Å². The Morgan fingerprint density at radius 2 is 1.80 bits per heavy atom. The number of aromatic carboxylic acids is 1. The second kappa shape index (κ2) is 7.37. The van der Waals surface area contributed by atoms with Crippen molar-refractivity contribution in [1.29, 1.82) is 0 Å². The number of carbonyl (C=O) groups excluding carboxylic acids is 1. The van der Waals surface area contributed by atoms with Crippen molar-refractivity contribution in [2.45, 2.75) is 26.7 Å². The van der Waals surface area contributed by atoms with Gasteiger partial charge in [-0.2, -0.15) is 0 Å². The van der Waals surface area contributed by atoms with E-state index in [0.717, 1.165) is 12.8 Å². The molecule has 2 amide bonds. The van der Waals surface area contributed by atoms with Gasteiger partial charge in [-0.05, 0) is 25.0 Å². The number of anilines is 1. The van der Waals surface area contributed by atoms with Crippen molar-refractivity contribution in [3.8, 4) is 5.75 Å². The number of carboxylic acid groups (broad SMARTS) is 1. The van der Waals surface area contributed by atoms with Gasteiger partial charge in [0.25, 0.3) is 0 Å². The van der Waals surface area contributed by atoms with E-state index < -0.39 is 5.97 Å². The lowest BCUT2D eigenvalue weighted by atomic mass is 10.2. The molecule has 0 atom stereocenters. The lowest BCUT2D eigenvalue weighted by molar-refractivity contribution is 0.0694. The van der Waals surface area contributed by atoms with Crippen LogP contribution in [0.25, 0.3) is 0 Å². The Labute approximate surface area is 118 Å². The van der Waals surface area contributed by atoms with Crippen LogP contribution in [0.15, 0.2) is 18.2 Å². The fourth-order valence-corrected chi connectivity index (χ4v) is 1.85. The number of hydrogen-bond acceptors (Lipinski definition) is 3. The third kappa shape index (κ3) is 4.15. The van der Waals surface area contributed by atoms with E-state index in [2.05, 4.69) is 5.32 Å². The van der Waals surface area contributed by atoms with Gasteiger partial charge in [0, 0.05) is 24.8 Å². The van der Waals surface area contributed by atoms with Crippen LogP contribution in [-0.4, -0.2) is 40.2 Å². The molecule has 0 bridgehead atoms. The van der Waals surface area contributed by atoms with E-state index in [1.54, 1.807) is 4.90 Å². The molecule has 0 saturated heterocycles. The summed E-state index contributed by atoms with van der Waals surface area (Å²) >= 11 is 0. The van der Waals surface area contributed by atoms with Crippen molar-refractivity contribution in [3.05, 3.63) is 23.8 Å². The fraction of sp³-hybridized carbons (Fsp3) is 0.429. The van der Waals surface area contributed by atoms with Crippen LogP contribution in [-0.2, 0) is 0 Å². The van der Waals surface area contributed by atoms with Gasteiger partial charge in [0.1, 0.15) is 11.3 Å². The summed E-state index contributed by atoms with van der Waals surface area (Å²) in [7, 11) is 0. The van der Waals surface area contributed by atoms with Crippen molar-refractivity contribution in [3.63, 3.8) is 0 Å². The molecule has 1 rings (SSSR count). The molecule has 0 unspecified atom stereocenters. The summed E-state index contributed by atoms with van der Waals surface area (Å²) in [4.78, 5) is 24.5. The fourth-order valence-electron chi connectivity index (χ4n) is 1.85. The second-order valence-electron chi connectivity index (χ2n) is 4.45. The van der Waals surface area contributed by atoms with E-state index in [1.165, 1.54) is 18.2 Å². The maximum atomic E-state index is 12.0. The molecule has 0 fully saturated rings. The summed E-state index contributed by atoms with van der Waals surface area (Å²) in [5, 5.41) is 21.0. The molecule has 6 heteroatoms. The van der Waals surface area contributed by atoms with Crippen LogP contribution in [0.4, 0.5) is 10.5 Å². The van der Waals surface area contributed by atoms with E-state index in [4.69, 9.17) is 5.11 Å². The van der Waals surface area contributed by atoms with Gasteiger partial charge in [0.15, 0.2) is 0 Å². The summed E-state index contributed by atoms with van der Waals surface area (Å²) in [5.41, 5.74) is 0.177. The van der Waals surface area contributed by atoms with Gasteiger partial charge >= 0.3 is 12.0 Å². The van der Waals surface area contributed by atoms with Crippen molar-refractivity contribution in [2.24, 2.45) is 0 Å². The number of aromatic hydroxyl groups is 1. The zero-order valence-corrected chi connectivity index (χ0v) is 11.7. The van der Waals surface area contributed by atoms with Gasteiger partial charge in [0.2, 0.25) is 0 Å². The summed E-state index contributed by atoms with van der Waals surface area (Å²) in [6.07, 6.45) is 1.72. The molecular weight excluding hydrogens is 260 g/mol. The molecule has 0 aromatic heterocycles. The van der Waals surface area contributed by atoms with E-state index in [0.29, 0.717) is 18.8 Å². The highest BCUT2D eigenvalue weighted by Gasteiger charge is 2.14. The van der Waals surface area contributed by atoms with Crippen LogP contribution in [0.2, 0.25) is 0 Å². The maximum absolute atomic E-state index is 12.0. The summed E-state index contributed by atoms with van der Waals surface area (Å²) in [5.74, 6) is -1.58. The second-order valence-corrected chi connectivity index (χ2v) is 4.45. The number of hydrogen-bond donors (Lipinski definition) is 3. The van der Waals surface area contributed by atoms with E-state index in [9.17, 15) is 14.7 Å². The van der Waals surface area contributed by atoms with Gasteiger partial charge in [-0.1, -0.05) is 13.8 Å². The molecule has 0 aliphatic heterocycles. The van der Waals surface area contributed by atoms with E-state index in [1.807, 2.05) is 13.8 Å². The first-order valence-electron chi connectivity index (χ1n) is 6.61. The lowest BCUT2D eigenvalue weighted by Gasteiger charge is -2.22. The molecule has 0 radical (unpaired) electrons. The number of urea groups is 1. The third-order valence-corrected chi connectivity index (χ3v) is 2.75. The number of nitrogens with zero attached hydrogens (tertiary/aromatic N) is 1. The Morgan fingerprint density at radius 3 is 2.25 bits per heavy atom. The minimum Gasteiger partial charge on any atom is -0.507 e. The van der Waals surface area contributed by atoms with Crippen molar-refractivity contribution < 1.29 is 19.8 Å². The Hall–Kier alpha value is -2.24. The molecule has 20 heavy (non-hydrogen) atoms. The first kappa shape index (κ1) is 15.8. The number of nitrogens with one attached hydrogen (secondary N) is 1. The summed E-state index contributed by atoms with van der Waals surface area (Å²) in [6.45, 7) is 5.28. The highest BCUT2D eigenvalue weighted by molar-refractivity contribution is 5.93. The number of carbonyl (C=O) groups is 2. The summed E-state index contributed by atoms with van der Waals surface area (Å²) in [6, 6.07) is 3.70. The predicted molar refractivity (Wildman–Crippen MR) is 76.2 cm³/mol. The Kier molecular flexibility index (Phi) is 5.83. The van der Waals surface area contributed by atoms with Crippen molar-refractivity contribution >= 4 is 17.7 Å². The minimum absolute atomic E-state index is 0.193. The molecule has 0 aliphatic rings.